The summed E-state index contributed by atoms with van der Waals surface area (Å²) in [5.74, 6) is 0.966. The number of hydrogen-bond acceptors (Lipinski definition) is 1. The first kappa shape index (κ1) is 14.7. The molecule has 1 heteroatoms. The van der Waals surface area contributed by atoms with E-state index in [-0.39, 0.29) is 0 Å². The number of Topliss-reactive ketones (excluding diaryl/α,β-unsaturated/α-hetero) is 1. The van der Waals surface area contributed by atoms with Gasteiger partial charge in [0, 0.05) is 12.8 Å². The van der Waals surface area contributed by atoms with Gasteiger partial charge in [0.05, 0.1) is 0 Å². The molecule has 0 heterocycles. The largest absolute Gasteiger partial charge is 0.300 e. The van der Waals surface area contributed by atoms with Gasteiger partial charge in [0.2, 0.25) is 0 Å². The lowest BCUT2D eigenvalue weighted by molar-refractivity contribution is -0.119. The monoisotopic (exact) mass is 212 g/mol. The van der Waals surface area contributed by atoms with E-state index in [0.29, 0.717) is 17.1 Å². The smallest absolute Gasteiger partial charge is 0.133 e. The minimum atomic E-state index is 0.445. The molecule has 0 atom stereocenters. The van der Waals surface area contributed by atoms with Gasteiger partial charge in [-0.25, -0.2) is 0 Å². The normalized spacial score (nSPS) is 12.1. The maximum absolute atomic E-state index is 11.4. The van der Waals surface area contributed by atoms with Crippen LogP contribution in [0.25, 0.3) is 0 Å². The SMILES string of the molecule is CC(C)CC(=O)CCCCCC(C)(C)C. The van der Waals surface area contributed by atoms with Gasteiger partial charge in [-0.05, 0) is 24.2 Å². The van der Waals surface area contributed by atoms with Gasteiger partial charge in [0.1, 0.15) is 5.78 Å². The molecule has 0 radical (unpaired) electrons. The Morgan fingerprint density at radius 1 is 1.07 bits per heavy atom. The number of rotatable bonds is 7. The van der Waals surface area contributed by atoms with Crippen LogP contribution in [0.2, 0.25) is 0 Å². The molecule has 0 aromatic carbocycles. The lowest BCUT2D eigenvalue weighted by atomic mass is 9.89. The molecule has 90 valence electrons. The van der Waals surface area contributed by atoms with Gasteiger partial charge in [0.25, 0.3) is 0 Å². The highest BCUT2D eigenvalue weighted by Crippen LogP contribution is 2.22. The number of hydrogen-bond donors (Lipinski definition) is 0. The molecule has 0 amide bonds. The molecule has 1 nitrogen and oxygen atoms in total. The van der Waals surface area contributed by atoms with Crippen molar-refractivity contribution in [3.63, 3.8) is 0 Å². The Morgan fingerprint density at radius 3 is 2.13 bits per heavy atom. The molecule has 0 saturated heterocycles. The van der Waals surface area contributed by atoms with E-state index in [9.17, 15) is 4.79 Å². The van der Waals surface area contributed by atoms with Crippen LogP contribution in [0.5, 0.6) is 0 Å². The van der Waals surface area contributed by atoms with Crippen LogP contribution in [0, 0.1) is 11.3 Å². The summed E-state index contributed by atoms with van der Waals surface area (Å²) in [4.78, 5) is 11.4. The van der Waals surface area contributed by atoms with E-state index in [1.807, 2.05) is 0 Å². The summed E-state index contributed by atoms with van der Waals surface area (Å²) in [7, 11) is 0. The summed E-state index contributed by atoms with van der Waals surface area (Å²) in [6.45, 7) is 11.0. The van der Waals surface area contributed by atoms with Gasteiger partial charge in [-0.15, -0.1) is 0 Å². The fourth-order valence-electron chi connectivity index (χ4n) is 1.71. The van der Waals surface area contributed by atoms with Crippen molar-refractivity contribution in [3.05, 3.63) is 0 Å². The van der Waals surface area contributed by atoms with Crippen molar-refractivity contribution in [1.82, 2.24) is 0 Å². The Bertz CT molecular complexity index is 174. The molecule has 0 rings (SSSR count). The summed E-state index contributed by atoms with van der Waals surface area (Å²) < 4.78 is 0. The van der Waals surface area contributed by atoms with Gasteiger partial charge in [-0.1, -0.05) is 47.5 Å². The molecule has 15 heavy (non-hydrogen) atoms. The van der Waals surface area contributed by atoms with E-state index in [0.717, 1.165) is 19.3 Å². The van der Waals surface area contributed by atoms with Crippen LogP contribution in [0.15, 0.2) is 0 Å². The lowest BCUT2D eigenvalue weighted by Gasteiger charge is -2.17. The van der Waals surface area contributed by atoms with Gasteiger partial charge in [0.15, 0.2) is 0 Å². The molecule has 0 aliphatic rings. The third kappa shape index (κ3) is 11.6. The van der Waals surface area contributed by atoms with E-state index in [4.69, 9.17) is 0 Å². The van der Waals surface area contributed by atoms with Crippen molar-refractivity contribution >= 4 is 5.78 Å². The Morgan fingerprint density at radius 2 is 1.67 bits per heavy atom. The van der Waals surface area contributed by atoms with E-state index in [1.165, 1.54) is 19.3 Å². The van der Waals surface area contributed by atoms with E-state index in [2.05, 4.69) is 34.6 Å². The lowest BCUT2D eigenvalue weighted by Crippen LogP contribution is -2.05. The van der Waals surface area contributed by atoms with Crippen LogP contribution in [0.1, 0.15) is 73.1 Å². The Labute approximate surface area is 95.6 Å². The van der Waals surface area contributed by atoms with Gasteiger partial charge >= 0.3 is 0 Å². The van der Waals surface area contributed by atoms with Crippen molar-refractivity contribution in [3.8, 4) is 0 Å². The highest BCUT2D eigenvalue weighted by molar-refractivity contribution is 5.78. The minimum Gasteiger partial charge on any atom is -0.300 e. The zero-order valence-corrected chi connectivity index (χ0v) is 11.2. The van der Waals surface area contributed by atoms with Gasteiger partial charge < -0.3 is 0 Å². The number of carbonyl (C=O) groups excluding carboxylic acids is 1. The van der Waals surface area contributed by atoms with Gasteiger partial charge in [-0.2, -0.15) is 0 Å². The summed E-state index contributed by atoms with van der Waals surface area (Å²) in [6, 6.07) is 0. The van der Waals surface area contributed by atoms with Crippen molar-refractivity contribution in [1.29, 1.82) is 0 Å². The Hall–Kier alpha value is -0.330. The second kappa shape index (κ2) is 7.03. The zero-order chi connectivity index (χ0) is 11.9. The number of ketones is 1. The average molecular weight is 212 g/mol. The van der Waals surface area contributed by atoms with Crippen molar-refractivity contribution in [2.45, 2.75) is 73.1 Å². The second-order valence-electron chi connectivity index (χ2n) is 6.26. The summed E-state index contributed by atoms with van der Waals surface area (Å²) >= 11 is 0. The minimum absolute atomic E-state index is 0.445. The van der Waals surface area contributed by atoms with Crippen LogP contribution in [0.4, 0.5) is 0 Å². The molecule has 0 saturated carbocycles. The van der Waals surface area contributed by atoms with Crippen molar-refractivity contribution in [2.24, 2.45) is 11.3 Å². The van der Waals surface area contributed by atoms with E-state index >= 15 is 0 Å². The quantitative estimate of drug-likeness (QED) is 0.564. The highest BCUT2D eigenvalue weighted by Gasteiger charge is 2.09. The summed E-state index contributed by atoms with van der Waals surface area (Å²) in [5.41, 5.74) is 0.446. The predicted molar refractivity (Wildman–Crippen MR) is 67.0 cm³/mol. The first-order valence-corrected chi connectivity index (χ1v) is 6.33. The van der Waals surface area contributed by atoms with Crippen LogP contribution >= 0.6 is 0 Å². The fourth-order valence-corrected chi connectivity index (χ4v) is 1.71. The van der Waals surface area contributed by atoms with Gasteiger partial charge in [-0.3, -0.25) is 4.79 Å². The second-order valence-corrected chi connectivity index (χ2v) is 6.26. The molecule has 0 aliphatic heterocycles. The molecule has 0 N–H and O–H groups in total. The molecule has 0 bridgehead atoms. The molecular weight excluding hydrogens is 184 g/mol. The highest BCUT2D eigenvalue weighted by atomic mass is 16.1. The maximum Gasteiger partial charge on any atom is 0.133 e. The van der Waals surface area contributed by atoms with Crippen LogP contribution < -0.4 is 0 Å². The first-order valence-electron chi connectivity index (χ1n) is 6.33. The molecule has 0 aromatic rings. The third-order valence-corrected chi connectivity index (χ3v) is 2.52. The number of unbranched alkanes of at least 4 members (excludes halogenated alkanes) is 2. The molecule has 0 aromatic heterocycles. The first-order chi connectivity index (χ1) is 6.81. The fraction of sp³-hybridized carbons (Fsp3) is 0.929. The predicted octanol–water partition coefficient (Wildman–Crippen LogP) is 4.60. The molecule has 0 aliphatic carbocycles. The van der Waals surface area contributed by atoms with Crippen molar-refractivity contribution < 1.29 is 4.79 Å². The molecule has 0 unspecified atom stereocenters. The Balaban J connectivity index is 3.35. The van der Waals surface area contributed by atoms with E-state index in [1.54, 1.807) is 0 Å². The van der Waals surface area contributed by atoms with E-state index < -0.39 is 0 Å². The standard InChI is InChI=1S/C14H28O/c1-12(2)11-13(15)9-7-6-8-10-14(3,4)5/h12H,6-11H2,1-5H3. The molecular formula is C14H28O. The topological polar surface area (TPSA) is 17.1 Å². The summed E-state index contributed by atoms with van der Waals surface area (Å²) in [6.07, 6.45) is 6.38. The Kier molecular flexibility index (Phi) is 6.87. The van der Waals surface area contributed by atoms with Crippen LogP contribution in [-0.4, -0.2) is 5.78 Å². The maximum atomic E-state index is 11.4. The molecule has 0 fully saturated rings. The average Bonchev–Trinajstić information content (AvgIpc) is 1.99. The zero-order valence-electron chi connectivity index (χ0n) is 11.2. The molecule has 0 spiro atoms. The van der Waals surface area contributed by atoms with Crippen LogP contribution in [-0.2, 0) is 4.79 Å². The van der Waals surface area contributed by atoms with Crippen molar-refractivity contribution in [2.75, 3.05) is 0 Å². The summed E-state index contributed by atoms with van der Waals surface area (Å²) in [5, 5.41) is 0. The third-order valence-electron chi connectivity index (χ3n) is 2.52. The number of carbonyl (C=O) groups is 1. The van der Waals surface area contributed by atoms with Crippen LogP contribution in [0.3, 0.4) is 0 Å².